The molecule has 128 valence electrons. The van der Waals surface area contributed by atoms with Gasteiger partial charge in [0.15, 0.2) is 11.5 Å². The Hall–Kier alpha value is -1.53. The molecule has 1 amide bonds. The first-order valence-electron chi connectivity index (χ1n) is 8.22. The van der Waals surface area contributed by atoms with E-state index >= 15 is 0 Å². The van der Waals surface area contributed by atoms with Gasteiger partial charge in [-0.1, -0.05) is 42.9 Å². The lowest BCUT2D eigenvalue weighted by Crippen LogP contribution is -2.36. The number of hydrogen-bond donors (Lipinski definition) is 0. The van der Waals surface area contributed by atoms with Crippen LogP contribution in [0.25, 0.3) is 6.08 Å². The van der Waals surface area contributed by atoms with E-state index in [0.29, 0.717) is 27.3 Å². The number of benzene rings is 1. The molecule has 1 aromatic rings. The summed E-state index contributed by atoms with van der Waals surface area (Å²) in [6.07, 6.45) is 6.34. The Morgan fingerprint density at radius 2 is 2.08 bits per heavy atom. The van der Waals surface area contributed by atoms with Crippen LogP contribution in [-0.2, 0) is 4.79 Å². The van der Waals surface area contributed by atoms with Crippen molar-refractivity contribution in [2.45, 2.75) is 38.6 Å². The fraction of sp³-hybridized carbons (Fsp3) is 0.444. The van der Waals surface area contributed by atoms with Gasteiger partial charge < -0.3 is 9.47 Å². The van der Waals surface area contributed by atoms with Crippen molar-refractivity contribution in [1.82, 2.24) is 4.90 Å². The van der Waals surface area contributed by atoms with Crippen LogP contribution in [0.15, 0.2) is 23.1 Å². The van der Waals surface area contributed by atoms with Crippen molar-refractivity contribution >= 4 is 40.3 Å². The molecule has 4 nitrogen and oxygen atoms in total. The normalized spacial score (nSPS) is 20.2. The summed E-state index contributed by atoms with van der Waals surface area (Å²) in [5.41, 5.74) is 0.905. The Morgan fingerprint density at radius 3 is 2.75 bits per heavy atom. The molecule has 24 heavy (non-hydrogen) atoms. The lowest BCUT2D eigenvalue weighted by molar-refractivity contribution is -0.123. The number of thiocarbonyl (C=S) groups is 1. The number of hydrogen-bond acceptors (Lipinski definition) is 5. The summed E-state index contributed by atoms with van der Waals surface area (Å²) in [7, 11) is 1.61. The van der Waals surface area contributed by atoms with E-state index in [1.54, 1.807) is 7.11 Å². The molecule has 6 heteroatoms. The second kappa shape index (κ2) is 7.57. The minimum atomic E-state index is 0.0322. The first-order chi connectivity index (χ1) is 11.6. The second-order valence-corrected chi connectivity index (χ2v) is 7.51. The van der Waals surface area contributed by atoms with Gasteiger partial charge in [0.1, 0.15) is 4.32 Å². The number of carbonyl (C=O) groups excluding carboxylic acids is 1. The van der Waals surface area contributed by atoms with Crippen molar-refractivity contribution in [3.05, 3.63) is 28.7 Å². The fourth-order valence-corrected chi connectivity index (χ4v) is 4.56. The first-order valence-corrected chi connectivity index (χ1v) is 9.44. The van der Waals surface area contributed by atoms with Crippen LogP contribution in [0.1, 0.15) is 38.2 Å². The highest BCUT2D eigenvalue weighted by Crippen LogP contribution is 2.38. The Balaban J connectivity index is 1.83. The highest BCUT2D eigenvalue weighted by molar-refractivity contribution is 8.26. The molecule has 1 saturated carbocycles. The van der Waals surface area contributed by atoms with Crippen molar-refractivity contribution in [3.8, 4) is 11.5 Å². The summed E-state index contributed by atoms with van der Waals surface area (Å²) >= 11 is 6.82. The maximum atomic E-state index is 12.7. The monoisotopic (exact) mass is 363 g/mol. The van der Waals surface area contributed by atoms with E-state index in [0.717, 1.165) is 18.4 Å². The van der Waals surface area contributed by atoms with Crippen molar-refractivity contribution in [3.63, 3.8) is 0 Å². The molecule has 0 spiro atoms. The lowest BCUT2D eigenvalue weighted by Gasteiger charge is -2.21. The molecule has 1 aromatic carbocycles. The topological polar surface area (TPSA) is 38.8 Å². The number of thioether (sulfide) groups is 1. The molecule has 0 unspecified atom stereocenters. The lowest BCUT2D eigenvalue weighted by atomic mass is 10.1. The van der Waals surface area contributed by atoms with Crippen LogP contribution in [0, 0.1) is 0 Å². The molecule has 1 saturated heterocycles. The van der Waals surface area contributed by atoms with E-state index in [4.69, 9.17) is 21.7 Å². The molecule has 0 atom stereocenters. The number of carbonyl (C=O) groups is 1. The van der Waals surface area contributed by atoms with Gasteiger partial charge in [-0.25, -0.2) is 0 Å². The molecule has 0 N–H and O–H groups in total. The third kappa shape index (κ3) is 3.44. The minimum Gasteiger partial charge on any atom is -0.493 e. The van der Waals surface area contributed by atoms with Gasteiger partial charge in [-0.3, -0.25) is 9.69 Å². The number of rotatable bonds is 5. The molecule has 1 aliphatic heterocycles. The number of amides is 1. The summed E-state index contributed by atoms with van der Waals surface area (Å²) in [5.74, 6) is 1.40. The van der Waals surface area contributed by atoms with Crippen LogP contribution in [0.3, 0.4) is 0 Å². The van der Waals surface area contributed by atoms with Gasteiger partial charge in [0.25, 0.3) is 5.91 Å². The van der Waals surface area contributed by atoms with E-state index in [1.165, 1.54) is 24.6 Å². The molecule has 0 bridgehead atoms. The first kappa shape index (κ1) is 17.3. The molecule has 0 radical (unpaired) electrons. The molecule has 0 aromatic heterocycles. The molecule has 2 aliphatic rings. The summed E-state index contributed by atoms with van der Waals surface area (Å²) in [5, 5.41) is 0. The van der Waals surface area contributed by atoms with Crippen LogP contribution in [-0.4, -0.2) is 34.9 Å². The smallest absolute Gasteiger partial charge is 0.266 e. The van der Waals surface area contributed by atoms with E-state index in [2.05, 4.69) is 0 Å². The molecular formula is C18H21NO3S2. The number of methoxy groups -OCH3 is 1. The highest BCUT2D eigenvalue weighted by atomic mass is 32.2. The van der Waals surface area contributed by atoms with Crippen LogP contribution < -0.4 is 9.47 Å². The van der Waals surface area contributed by atoms with Crippen LogP contribution in [0.5, 0.6) is 11.5 Å². The minimum absolute atomic E-state index is 0.0322. The molecule has 2 fully saturated rings. The quantitative estimate of drug-likeness (QED) is 0.578. The summed E-state index contributed by atoms with van der Waals surface area (Å²) < 4.78 is 11.6. The van der Waals surface area contributed by atoms with Crippen molar-refractivity contribution in [2.24, 2.45) is 0 Å². The second-order valence-electron chi connectivity index (χ2n) is 5.83. The van der Waals surface area contributed by atoms with Crippen molar-refractivity contribution in [1.29, 1.82) is 0 Å². The molecule has 3 rings (SSSR count). The molecule has 1 aliphatic carbocycles. The SMILES string of the molecule is CCOc1ccc(/C=C2\SC(=S)N(C3CCCC3)C2=O)cc1OC. The largest absolute Gasteiger partial charge is 0.493 e. The average Bonchev–Trinajstić information content (AvgIpc) is 3.18. The zero-order valence-corrected chi connectivity index (χ0v) is 15.5. The Labute approximate surface area is 152 Å². The summed E-state index contributed by atoms with van der Waals surface area (Å²) in [6, 6.07) is 5.95. The van der Waals surface area contributed by atoms with E-state index in [9.17, 15) is 4.79 Å². The van der Waals surface area contributed by atoms with Crippen molar-refractivity contribution < 1.29 is 14.3 Å². The van der Waals surface area contributed by atoms with Gasteiger partial charge >= 0.3 is 0 Å². The fourth-order valence-electron chi connectivity index (χ4n) is 3.16. The number of ether oxygens (including phenoxy) is 2. The van der Waals surface area contributed by atoms with Crippen LogP contribution >= 0.6 is 24.0 Å². The predicted molar refractivity (Wildman–Crippen MR) is 101 cm³/mol. The number of nitrogens with zero attached hydrogens (tertiary/aromatic N) is 1. The Kier molecular flexibility index (Phi) is 5.46. The predicted octanol–water partition coefficient (Wildman–Crippen LogP) is 4.24. The molecular weight excluding hydrogens is 342 g/mol. The zero-order chi connectivity index (χ0) is 17.1. The third-order valence-electron chi connectivity index (χ3n) is 4.30. The van der Waals surface area contributed by atoms with Gasteiger partial charge in [0.05, 0.1) is 18.6 Å². The maximum absolute atomic E-state index is 12.7. The van der Waals surface area contributed by atoms with Gasteiger partial charge in [-0.2, -0.15) is 0 Å². The van der Waals surface area contributed by atoms with E-state index in [-0.39, 0.29) is 11.9 Å². The maximum Gasteiger partial charge on any atom is 0.266 e. The van der Waals surface area contributed by atoms with Gasteiger partial charge in [0.2, 0.25) is 0 Å². The Bertz CT molecular complexity index is 681. The van der Waals surface area contributed by atoms with Gasteiger partial charge in [-0.05, 0) is 43.5 Å². The Morgan fingerprint density at radius 1 is 1.33 bits per heavy atom. The van der Waals surface area contributed by atoms with E-state index < -0.39 is 0 Å². The highest BCUT2D eigenvalue weighted by Gasteiger charge is 2.38. The summed E-state index contributed by atoms with van der Waals surface area (Å²) in [4.78, 5) is 15.2. The standard InChI is InChI=1S/C18H21NO3S2/c1-3-22-14-9-8-12(10-15(14)21-2)11-16-17(20)19(18(23)24-16)13-6-4-5-7-13/h8-11,13H,3-7H2,1-2H3/b16-11-. The molecule has 1 heterocycles. The van der Waals surface area contributed by atoms with Gasteiger partial charge in [-0.15, -0.1) is 0 Å². The average molecular weight is 364 g/mol. The van der Waals surface area contributed by atoms with Crippen molar-refractivity contribution in [2.75, 3.05) is 13.7 Å². The van der Waals surface area contributed by atoms with Gasteiger partial charge in [0, 0.05) is 6.04 Å². The zero-order valence-electron chi connectivity index (χ0n) is 13.9. The van der Waals surface area contributed by atoms with E-state index in [1.807, 2.05) is 36.1 Å². The van der Waals surface area contributed by atoms with Crippen LogP contribution in [0.4, 0.5) is 0 Å². The van der Waals surface area contributed by atoms with Crippen LogP contribution in [0.2, 0.25) is 0 Å². The third-order valence-corrected chi connectivity index (χ3v) is 5.63. The summed E-state index contributed by atoms with van der Waals surface area (Å²) in [6.45, 7) is 2.51.